The number of nitrogens with zero attached hydrogens (tertiary/aromatic N) is 2. The smallest absolute Gasteiger partial charge is 0.359 e. The molecule has 0 spiro atoms. The number of hydrogen-bond acceptors (Lipinski definition) is 8. The van der Waals surface area contributed by atoms with Crippen LogP contribution in [0.25, 0.3) is 0 Å². The second-order valence-electron chi connectivity index (χ2n) is 2.81. The lowest BCUT2D eigenvalue weighted by atomic mass is 10.3. The molecule has 0 aromatic rings. The number of hydrogen-bond donors (Lipinski definition) is 0. The second-order valence-corrected chi connectivity index (χ2v) is 5.21. The fourth-order valence-electron chi connectivity index (χ4n) is 0.952. The van der Waals surface area contributed by atoms with Crippen molar-refractivity contribution in [2.45, 2.75) is 0 Å². The largest absolute Gasteiger partial charge is 0.466 e. The molecular formula is C9H10N2O4S3. The van der Waals surface area contributed by atoms with Crippen molar-refractivity contribution in [3.05, 3.63) is 11.0 Å². The van der Waals surface area contributed by atoms with Gasteiger partial charge in [-0.15, -0.1) is 0 Å². The molecule has 1 aliphatic heterocycles. The molecule has 0 aromatic carbocycles. The van der Waals surface area contributed by atoms with Gasteiger partial charge in [0.05, 0.1) is 19.1 Å². The van der Waals surface area contributed by atoms with Crippen LogP contribution in [0.4, 0.5) is 0 Å². The first-order valence-electron chi connectivity index (χ1n) is 4.56. The standard InChI is InChI=1S/C9H10N2O4S3/c1-14-6(12)4-5-7(8(13)15-2)10-11(18-5)9(16)17-3/h4H,1-3H3/b5-4+. The van der Waals surface area contributed by atoms with Gasteiger partial charge < -0.3 is 9.47 Å². The average molecular weight is 306 g/mol. The number of ether oxygens (including phenoxy) is 2. The zero-order valence-corrected chi connectivity index (χ0v) is 12.3. The SMILES string of the molecule is COC(=O)/C=C1/SN(C(=S)SC)N=C1C(=O)OC. The molecule has 0 unspecified atom stereocenters. The van der Waals surface area contributed by atoms with Crippen LogP contribution in [0.2, 0.25) is 0 Å². The molecule has 0 amide bonds. The lowest BCUT2D eigenvalue weighted by molar-refractivity contribution is -0.134. The van der Waals surface area contributed by atoms with E-state index in [-0.39, 0.29) is 5.71 Å². The molecule has 0 aromatic heterocycles. The van der Waals surface area contributed by atoms with Crippen LogP contribution < -0.4 is 0 Å². The third-order valence-electron chi connectivity index (χ3n) is 1.77. The summed E-state index contributed by atoms with van der Waals surface area (Å²) in [5.74, 6) is -1.21. The maximum Gasteiger partial charge on any atom is 0.359 e. The van der Waals surface area contributed by atoms with Gasteiger partial charge in [0.1, 0.15) is 0 Å². The van der Waals surface area contributed by atoms with Crippen molar-refractivity contribution in [2.75, 3.05) is 20.5 Å². The summed E-state index contributed by atoms with van der Waals surface area (Å²) in [6, 6.07) is 0. The van der Waals surface area contributed by atoms with Gasteiger partial charge in [-0.1, -0.05) is 11.8 Å². The van der Waals surface area contributed by atoms with Gasteiger partial charge >= 0.3 is 11.9 Å². The quantitative estimate of drug-likeness (QED) is 0.326. The summed E-state index contributed by atoms with van der Waals surface area (Å²) in [7, 11) is 2.49. The predicted molar refractivity (Wildman–Crippen MR) is 75.1 cm³/mol. The van der Waals surface area contributed by atoms with E-state index < -0.39 is 11.9 Å². The van der Waals surface area contributed by atoms with Crippen molar-refractivity contribution in [1.29, 1.82) is 0 Å². The van der Waals surface area contributed by atoms with Crippen molar-refractivity contribution < 1.29 is 19.1 Å². The molecule has 0 saturated heterocycles. The van der Waals surface area contributed by atoms with Gasteiger partial charge in [0.25, 0.3) is 0 Å². The maximum atomic E-state index is 11.5. The Hall–Kier alpha value is -1.06. The topological polar surface area (TPSA) is 68.2 Å². The highest BCUT2D eigenvalue weighted by molar-refractivity contribution is 8.24. The molecule has 98 valence electrons. The zero-order chi connectivity index (χ0) is 13.7. The molecule has 1 aliphatic rings. The van der Waals surface area contributed by atoms with Gasteiger partial charge in [-0.3, -0.25) is 0 Å². The Bertz CT molecular complexity index is 447. The monoisotopic (exact) mass is 306 g/mol. The minimum absolute atomic E-state index is 0.0318. The molecule has 0 fully saturated rings. The van der Waals surface area contributed by atoms with Crippen LogP contribution in [-0.4, -0.2) is 46.9 Å². The van der Waals surface area contributed by atoms with E-state index in [1.165, 1.54) is 36.5 Å². The van der Waals surface area contributed by atoms with Crippen LogP contribution in [0.3, 0.4) is 0 Å². The summed E-state index contributed by atoms with van der Waals surface area (Å²) < 4.78 is 10.9. The van der Waals surface area contributed by atoms with E-state index in [0.29, 0.717) is 9.23 Å². The summed E-state index contributed by atoms with van der Waals surface area (Å²) in [5.41, 5.74) is 0.0318. The van der Waals surface area contributed by atoms with E-state index in [4.69, 9.17) is 12.2 Å². The summed E-state index contributed by atoms with van der Waals surface area (Å²) in [4.78, 5) is 23.0. The van der Waals surface area contributed by atoms with E-state index >= 15 is 0 Å². The molecule has 0 radical (unpaired) electrons. The number of hydrazone groups is 1. The number of esters is 2. The van der Waals surface area contributed by atoms with Crippen LogP contribution >= 0.6 is 35.9 Å². The molecule has 0 saturated carbocycles. The van der Waals surface area contributed by atoms with Gasteiger partial charge in [-0.25, -0.2) is 9.59 Å². The zero-order valence-electron chi connectivity index (χ0n) is 9.83. The first-order valence-corrected chi connectivity index (χ1v) is 6.97. The van der Waals surface area contributed by atoms with E-state index in [1.807, 2.05) is 0 Å². The summed E-state index contributed by atoms with van der Waals surface area (Å²) in [6.07, 6.45) is 2.96. The van der Waals surface area contributed by atoms with Crippen LogP contribution in [0, 0.1) is 0 Å². The summed E-state index contributed by atoms with van der Waals surface area (Å²) in [6.45, 7) is 0. The highest BCUT2D eigenvalue weighted by atomic mass is 32.2. The molecule has 0 aliphatic carbocycles. The van der Waals surface area contributed by atoms with E-state index in [2.05, 4.69) is 14.6 Å². The molecule has 0 atom stereocenters. The van der Waals surface area contributed by atoms with Crippen molar-refractivity contribution >= 4 is 57.9 Å². The highest BCUT2D eigenvalue weighted by Gasteiger charge is 2.30. The normalized spacial score (nSPS) is 16.5. The third kappa shape index (κ3) is 3.47. The van der Waals surface area contributed by atoms with Crippen molar-refractivity contribution in [3.63, 3.8) is 0 Å². The van der Waals surface area contributed by atoms with Gasteiger partial charge in [-0.05, 0) is 18.5 Å². The molecule has 1 rings (SSSR count). The van der Waals surface area contributed by atoms with Crippen molar-refractivity contribution in [3.8, 4) is 0 Å². The molecular weight excluding hydrogens is 296 g/mol. The Balaban J connectivity index is 3.03. The molecule has 18 heavy (non-hydrogen) atoms. The Labute approximate surface area is 118 Å². The van der Waals surface area contributed by atoms with E-state index in [9.17, 15) is 9.59 Å². The minimum atomic E-state index is -0.635. The number of rotatable bonds is 2. The van der Waals surface area contributed by atoms with Gasteiger partial charge in [0, 0.05) is 18.0 Å². The van der Waals surface area contributed by atoms with Crippen LogP contribution in [0.5, 0.6) is 0 Å². The third-order valence-corrected chi connectivity index (χ3v) is 4.14. The second kappa shape index (κ2) is 6.76. The van der Waals surface area contributed by atoms with Crippen molar-refractivity contribution in [2.24, 2.45) is 5.10 Å². The number of methoxy groups -OCH3 is 2. The van der Waals surface area contributed by atoms with E-state index in [1.54, 1.807) is 6.26 Å². The fraction of sp³-hybridized carbons (Fsp3) is 0.333. The Morgan fingerprint density at radius 2 is 2.11 bits per heavy atom. The van der Waals surface area contributed by atoms with Gasteiger partial charge in [0.2, 0.25) is 0 Å². The Morgan fingerprint density at radius 1 is 1.44 bits per heavy atom. The number of carbonyl (C=O) groups excluding carboxylic acids is 2. The molecule has 6 nitrogen and oxygen atoms in total. The van der Waals surface area contributed by atoms with Gasteiger partial charge in [-0.2, -0.15) is 9.52 Å². The van der Waals surface area contributed by atoms with Crippen LogP contribution in [-0.2, 0) is 19.1 Å². The molecule has 9 heteroatoms. The first kappa shape index (κ1) is 15.0. The summed E-state index contributed by atoms with van der Waals surface area (Å²) in [5, 5.41) is 4.00. The Morgan fingerprint density at radius 3 is 2.61 bits per heavy atom. The predicted octanol–water partition coefficient (Wildman–Crippen LogP) is 1.18. The maximum absolute atomic E-state index is 11.5. The Kier molecular flexibility index (Phi) is 5.63. The first-order chi connectivity index (χ1) is 8.53. The lowest BCUT2D eigenvalue weighted by Crippen LogP contribution is -2.16. The molecule has 0 bridgehead atoms. The average Bonchev–Trinajstić information content (AvgIpc) is 2.80. The van der Waals surface area contributed by atoms with Crippen molar-refractivity contribution in [1.82, 2.24) is 4.41 Å². The van der Waals surface area contributed by atoms with E-state index in [0.717, 1.165) is 11.9 Å². The number of carbonyl (C=O) groups is 2. The van der Waals surface area contributed by atoms with Gasteiger partial charge in [0.15, 0.2) is 10.0 Å². The number of thiocarbonyl (C=S) groups is 1. The fourth-order valence-corrected chi connectivity index (χ4v) is 2.38. The minimum Gasteiger partial charge on any atom is -0.466 e. The van der Waals surface area contributed by atoms with Crippen LogP contribution in [0.15, 0.2) is 16.1 Å². The lowest BCUT2D eigenvalue weighted by Gasteiger charge is -2.09. The highest BCUT2D eigenvalue weighted by Crippen LogP contribution is 2.33. The molecule has 1 heterocycles. The van der Waals surface area contributed by atoms with Crippen LogP contribution in [0.1, 0.15) is 0 Å². The number of thioether (sulfide) groups is 1. The molecule has 0 N–H and O–H groups in total. The summed E-state index contributed by atoms with van der Waals surface area (Å²) >= 11 is 7.42.